The van der Waals surface area contributed by atoms with Gasteiger partial charge >= 0.3 is 0 Å². The average Bonchev–Trinajstić information content (AvgIpc) is 2.68. The number of benzene rings is 2. The highest BCUT2D eigenvalue weighted by molar-refractivity contribution is 7.89. The quantitative estimate of drug-likeness (QED) is 0.739. The zero-order valence-corrected chi connectivity index (χ0v) is 16.5. The van der Waals surface area contributed by atoms with Gasteiger partial charge in [-0.25, -0.2) is 12.8 Å². The highest BCUT2D eigenvalue weighted by Gasteiger charge is 2.30. The number of amides is 1. The Labute approximate surface area is 164 Å². The summed E-state index contributed by atoms with van der Waals surface area (Å²) in [6.07, 6.45) is 0.227. The molecule has 0 unspecified atom stereocenters. The van der Waals surface area contributed by atoms with Crippen LogP contribution in [0, 0.1) is 12.7 Å². The van der Waals surface area contributed by atoms with Gasteiger partial charge in [0.15, 0.2) is 0 Å². The van der Waals surface area contributed by atoms with Crippen LogP contribution in [0.4, 0.5) is 4.39 Å². The van der Waals surface area contributed by atoms with E-state index in [2.05, 4.69) is 0 Å². The first-order valence-corrected chi connectivity index (χ1v) is 10.5. The van der Waals surface area contributed by atoms with Crippen molar-refractivity contribution in [3.8, 4) is 5.75 Å². The second kappa shape index (κ2) is 8.70. The van der Waals surface area contributed by atoms with Crippen molar-refractivity contribution in [3.05, 3.63) is 59.9 Å². The summed E-state index contributed by atoms with van der Waals surface area (Å²) in [6, 6.07) is 12.6. The van der Waals surface area contributed by atoms with E-state index in [1.807, 2.05) is 31.2 Å². The second-order valence-corrected chi connectivity index (χ2v) is 8.60. The normalized spacial score (nSPS) is 15.4. The number of aryl methyl sites for hydroxylation is 1. The lowest BCUT2D eigenvalue weighted by Crippen LogP contribution is -2.50. The number of rotatable bonds is 6. The number of carbonyl (C=O) groups is 1. The van der Waals surface area contributed by atoms with Crippen LogP contribution in [-0.4, -0.2) is 56.3 Å². The van der Waals surface area contributed by atoms with Crippen LogP contribution in [0.1, 0.15) is 12.0 Å². The summed E-state index contributed by atoms with van der Waals surface area (Å²) >= 11 is 0. The molecule has 0 N–H and O–H groups in total. The number of nitrogens with zero attached hydrogens (tertiary/aromatic N) is 2. The zero-order valence-electron chi connectivity index (χ0n) is 15.7. The van der Waals surface area contributed by atoms with Gasteiger partial charge in [0.2, 0.25) is 15.9 Å². The fourth-order valence-electron chi connectivity index (χ4n) is 3.07. The van der Waals surface area contributed by atoms with Crippen molar-refractivity contribution >= 4 is 15.9 Å². The third-order valence-electron chi connectivity index (χ3n) is 4.60. The molecule has 0 radical (unpaired) electrons. The van der Waals surface area contributed by atoms with E-state index in [9.17, 15) is 17.6 Å². The van der Waals surface area contributed by atoms with Crippen LogP contribution >= 0.6 is 0 Å². The number of halogens is 1. The van der Waals surface area contributed by atoms with E-state index in [1.54, 1.807) is 4.90 Å². The number of hydrogen-bond acceptors (Lipinski definition) is 4. The Morgan fingerprint density at radius 2 is 1.79 bits per heavy atom. The molecule has 0 atom stereocenters. The molecule has 6 nitrogen and oxygen atoms in total. The second-order valence-electron chi connectivity index (χ2n) is 6.66. The van der Waals surface area contributed by atoms with Gasteiger partial charge in [-0.05, 0) is 42.8 Å². The lowest BCUT2D eigenvalue weighted by Gasteiger charge is -2.34. The first kappa shape index (κ1) is 20.3. The van der Waals surface area contributed by atoms with Crippen LogP contribution in [0.15, 0.2) is 53.4 Å². The van der Waals surface area contributed by atoms with E-state index < -0.39 is 15.8 Å². The first-order chi connectivity index (χ1) is 13.4. The molecule has 0 spiro atoms. The molecule has 1 saturated heterocycles. The highest BCUT2D eigenvalue weighted by atomic mass is 32.2. The van der Waals surface area contributed by atoms with Gasteiger partial charge in [0.05, 0.1) is 17.9 Å². The Hall–Kier alpha value is -2.45. The molecule has 0 aromatic heterocycles. The van der Waals surface area contributed by atoms with E-state index in [4.69, 9.17) is 4.74 Å². The standard InChI is InChI=1S/C20H23FN2O4S/c1-16-4-2-6-18(14-16)27-13-8-20(24)22-9-11-23(12-10-22)28(25,26)19-7-3-5-17(21)15-19/h2-7,14-15H,8-13H2,1H3. The highest BCUT2D eigenvalue weighted by Crippen LogP contribution is 2.19. The lowest BCUT2D eigenvalue weighted by atomic mass is 10.2. The number of ether oxygens (including phenoxy) is 1. The molecular formula is C20H23FN2O4S. The number of sulfonamides is 1. The fourth-order valence-corrected chi connectivity index (χ4v) is 4.53. The third-order valence-corrected chi connectivity index (χ3v) is 6.49. The van der Waals surface area contributed by atoms with Crippen LogP contribution in [0.25, 0.3) is 0 Å². The molecule has 1 aliphatic heterocycles. The van der Waals surface area contributed by atoms with Crippen LogP contribution in [0.3, 0.4) is 0 Å². The van der Waals surface area contributed by atoms with Crippen molar-refractivity contribution in [2.24, 2.45) is 0 Å². The van der Waals surface area contributed by atoms with Gasteiger partial charge < -0.3 is 9.64 Å². The molecule has 2 aromatic carbocycles. The van der Waals surface area contributed by atoms with E-state index in [0.29, 0.717) is 13.1 Å². The monoisotopic (exact) mass is 406 g/mol. The molecule has 0 bridgehead atoms. The maximum atomic E-state index is 13.3. The van der Waals surface area contributed by atoms with Crippen LogP contribution in [0.5, 0.6) is 5.75 Å². The Morgan fingerprint density at radius 1 is 1.07 bits per heavy atom. The van der Waals surface area contributed by atoms with Gasteiger partial charge in [-0.15, -0.1) is 0 Å². The molecule has 150 valence electrons. The van der Waals surface area contributed by atoms with Gasteiger partial charge in [0.1, 0.15) is 11.6 Å². The number of hydrogen-bond donors (Lipinski definition) is 0. The SMILES string of the molecule is Cc1cccc(OCCC(=O)N2CCN(S(=O)(=O)c3cccc(F)c3)CC2)c1. The zero-order chi connectivity index (χ0) is 20.1. The molecule has 28 heavy (non-hydrogen) atoms. The predicted octanol–water partition coefficient (Wildman–Crippen LogP) is 2.44. The van der Waals surface area contributed by atoms with Crippen molar-refractivity contribution < 1.29 is 22.3 Å². The lowest BCUT2D eigenvalue weighted by molar-refractivity contribution is -0.132. The third kappa shape index (κ3) is 4.88. The molecular weight excluding hydrogens is 383 g/mol. The molecule has 1 fully saturated rings. The van der Waals surface area contributed by atoms with E-state index in [0.717, 1.165) is 17.4 Å². The fraction of sp³-hybridized carbons (Fsp3) is 0.350. The Balaban J connectivity index is 1.50. The largest absolute Gasteiger partial charge is 0.493 e. The minimum atomic E-state index is -3.76. The van der Waals surface area contributed by atoms with Gasteiger partial charge in [-0.1, -0.05) is 18.2 Å². The van der Waals surface area contributed by atoms with Gasteiger partial charge in [-0.2, -0.15) is 4.31 Å². The molecule has 1 aliphatic rings. The summed E-state index contributed by atoms with van der Waals surface area (Å²) in [6.45, 7) is 3.21. The van der Waals surface area contributed by atoms with Crippen molar-refractivity contribution in [2.75, 3.05) is 32.8 Å². The average molecular weight is 406 g/mol. The molecule has 1 heterocycles. The first-order valence-electron chi connectivity index (χ1n) is 9.09. The summed E-state index contributed by atoms with van der Waals surface area (Å²) in [5, 5.41) is 0. The summed E-state index contributed by atoms with van der Waals surface area (Å²) < 4.78 is 45.5. The number of carbonyl (C=O) groups excluding carboxylic acids is 1. The Kier molecular flexibility index (Phi) is 6.31. The van der Waals surface area contributed by atoms with Crippen LogP contribution in [-0.2, 0) is 14.8 Å². The molecule has 8 heteroatoms. The van der Waals surface area contributed by atoms with E-state index in [1.165, 1.54) is 22.5 Å². The van der Waals surface area contributed by atoms with Crippen molar-refractivity contribution in [1.29, 1.82) is 0 Å². The van der Waals surface area contributed by atoms with Gasteiger partial charge in [0, 0.05) is 26.2 Å². The maximum Gasteiger partial charge on any atom is 0.243 e. The van der Waals surface area contributed by atoms with Crippen molar-refractivity contribution in [1.82, 2.24) is 9.21 Å². The molecule has 0 aliphatic carbocycles. The summed E-state index contributed by atoms with van der Waals surface area (Å²) in [7, 11) is -3.76. The molecule has 2 aromatic rings. The molecule has 1 amide bonds. The van der Waals surface area contributed by atoms with Crippen LogP contribution < -0.4 is 4.74 Å². The molecule has 3 rings (SSSR count). The Morgan fingerprint density at radius 3 is 2.46 bits per heavy atom. The summed E-state index contributed by atoms with van der Waals surface area (Å²) in [5.41, 5.74) is 1.08. The summed E-state index contributed by atoms with van der Waals surface area (Å²) in [4.78, 5) is 13.9. The molecule has 0 saturated carbocycles. The topological polar surface area (TPSA) is 66.9 Å². The predicted molar refractivity (Wildman–Crippen MR) is 103 cm³/mol. The van der Waals surface area contributed by atoms with Crippen LogP contribution in [0.2, 0.25) is 0 Å². The van der Waals surface area contributed by atoms with Gasteiger partial charge in [-0.3, -0.25) is 4.79 Å². The van der Waals surface area contributed by atoms with Gasteiger partial charge in [0.25, 0.3) is 0 Å². The number of piperazine rings is 1. The van der Waals surface area contributed by atoms with E-state index >= 15 is 0 Å². The smallest absolute Gasteiger partial charge is 0.243 e. The summed E-state index contributed by atoms with van der Waals surface area (Å²) in [5.74, 6) is 0.0535. The minimum absolute atomic E-state index is 0.0705. The van der Waals surface area contributed by atoms with Crippen molar-refractivity contribution in [3.63, 3.8) is 0 Å². The minimum Gasteiger partial charge on any atom is -0.493 e. The maximum absolute atomic E-state index is 13.3. The Bertz CT molecular complexity index is 941. The van der Waals surface area contributed by atoms with E-state index in [-0.39, 0.29) is 36.9 Å². The van der Waals surface area contributed by atoms with Crippen molar-refractivity contribution in [2.45, 2.75) is 18.2 Å².